The van der Waals surface area contributed by atoms with Gasteiger partial charge in [0, 0.05) is 0 Å². The van der Waals surface area contributed by atoms with Crippen LogP contribution in [0.25, 0.3) is 0 Å². The third-order valence-electron chi connectivity index (χ3n) is 0.916. The molecule has 0 saturated carbocycles. The molecule has 0 aromatic heterocycles. The molecule has 0 aromatic carbocycles. The number of esters is 1. The highest BCUT2D eigenvalue weighted by molar-refractivity contribution is 5.77. The van der Waals surface area contributed by atoms with E-state index in [0.717, 1.165) is 0 Å². The number of hydrogen-bond acceptors (Lipinski definition) is 3. The van der Waals surface area contributed by atoms with Crippen molar-refractivity contribution in [3.05, 3.63) is 0 Å². The molecule has 1 N–H and O–H groups in total. The van der Waals surface area contributed by atoms with E-state index < -0.39 is 18.4 Å². The molecule has 10 heavy (non-hydrogen) atoms. The van der Waals surface area contributed by atoms with Gasteiger partial charge in [-0.25, -0.2) is 4.79 Å². The number of nitrogens with one attached hydrogen (secondary N) is 1. The van der Waals surface area contributed by atoms with E-state index in [9.17, 15) is 9.59 Å². The first-order chi connectivity index (χ1) is 5.07. The van der Waals surface area contributed by atoms with Gasteiger partial charge in [-0.15, -0.1) is 0 Å². The Morgan fingerprint density at radius 3 is 3.00 bits per heavy atom. The monoisotopic (exact) mass is 146 g/mol. The molecule has 0 radical (unpaired) electrons. The van der Waals surface area contributed by atoms with Crippen molar-refractivity contribution in [2.75, 3.05) is 6.61 Å². The van der Waals surface area contributed by atoms with E-state index >= 15 is 0 Å². The molecule has 0 aromatic rings. The quantitative estimate of drug-likeness (QED) is 0.438. The van der Waals surface area contributed by atoms with E-state index in [1.54, 1.807) is 6.92 Å². The number of hydrogen-bond donors (Lipinski definition) is 1. The van der Waals surface area contributed by atoms with Crippen molar-refractivity contribution in [3.8, 4) is 0 Å². The van der Waals surface area contributed by atoms with E-state index in [1.807, 2.05) is 0 Å². The average Bonchev–Trinajstić information content (AvgIpc) is 1.86. The molecule has 0 bridgehead atoms. The van der Waals surface area contributed by atoms with Crippen molar-refractivity contribution in [1.29, 1.82) is 0 Å². The van der Waals surface area contributed by atoms with Crippen molar-refractivity contribution in [2.45, 2.75) is 19.9 Å². The van der Waals surface area contributed by atoms with Crippen LogP contribution in [0.5, 0.6) is 0 Å². The van der Waals surface area contributed by atoms with Crippen LogP contribution in [0.4, 0.5) is 0 Å². The maximum atomic E-state index is 10.8. The Labute approximate surface area is 61.0 Å². The zero-order valence-corrected chi connectivity index (χ0v) is 6.01. The summed E-state index contributed by atoms with van der Waals surface area (Å²) in [6.07, 6.45) is -0.981. The van der Waals surface area contributed by atoms with E-state index in [4.69, 9.17) is 1.37 Å². The highest BCUT2D eigenvalue weighted by Gasteiger charge is 2.10. The van der Waals surface area contributed by atoms with Gasteiger partial charge in [0.15, 0.2) is 0 Å². The van der Waals surface area contributed by atoms with Gasteiger partial charge in [-0.3, -0.25) is 4.79 Å². The molecule has 0 fully saturated rings. The predicted molar refractivity (Wildman–Crippen MR) is 35.3 cm³/mol. The van der Waals surface area contributed by atoms with Gasteiger partial charge in [0.05, 0.1) is 6.61 Å². The topological polar surface area (TPSA) is 55.4 Å². The second kappa shape index (κ2) is 4.78. The number of carbonyl (C=O) groups excluding carboxylic acids is 2. The van der Waals surface area contributed by atoms with Gasteiger partial charge in [0.25, 0.3) is 0 Å². The van der Waals surface area contributed by atoms with E-state index in [0.29, 0.717) is 0 Å². The van der Waals surface area contributed by atoms with Crippen molar-refractivity contribution < 1.29 is 15.7 Å². The molecule has 0 heterocycles. The zero-order valence-electron chi connectivity index (χ0n) is 7.01. The van der Waals surface area contributed by atoms with Gasteiger partial charge in [-0.2, -0.15) is 0 Å². The molecule has 4 nitrogen and oxygen atoms in total. The number of ether oxygens (including phenoxy) is 1. The van der Waals surface area contributed by atoms with E-state index in [-0.39, 0.29) is 6.61 Å². The minimum absolute atomic E-state index is 0.275. The van der Waals surface area contributed by atoms with Gasteiger partial charge >= 0.3 is 5.97 Å². The highest BCUT2D eigenvalue weighted by atomic mass is 16.5. The molecule has 0 aliphatic rings. The Bertz CT molecular complexity index is 160. The van der Waals surface area contributed by atoms with Crippen molar-refractivity contribution in [2.24, 2.45) is 0 Å². The normalized spacial score (nSPS) is 13.2. The number of carbonyl (C=O) groups is 2. The maximum absolute atomic E-state index is 10.8. The third kappa shape index (κ3) is 3.06. The van der Waals surface area contributed by atoms with Crippen molar-refractivity contribution in [3.63, 3.8) is 0 Å². The third-order valence-corrected chi connectivity index (χ3v) is 0.916. The summed E-state index contributed by atoms with van der Waals surface area (Å²) in [4.78, 5) is 20.9. The van der Waals surface area contributed by atoms with Gasteiger partial charge in [0.2, 0.25) is 6.39 Å². The average molecular weight is 146 g/mol. The lowest BCUT2D eigenvalue weighted by atomic mass is 10.3. The Morgan fingerprint density at radius 2 is 2.60 bits per heavy atom. The predicted octanol–water partition coefficient (Wildman–Crippen LogP) is -0.316. The lowest BCUT2D eigenvalue weighted by Crippen LogP contribution is -2.34. The van der Waals surface area contributed by atoms with Gasteiger partial charge in [0.1, 0.15) is 7.41 Å². The molecule has 0 saturated heterocycles. The smallest absolute Gasteiger partial charge is 0.328 e. The fourth-order valence-electron chi connectivity index (χ4n) is 0.415. The summed E-state index contributed by atoms with van der Waals surface area (Å²) in [5.41, 5.74) is 0. The van der Waals surface area contributed by atoms with Crippen LogP contribution in [0.15, 0.2) is 0 Å². The summed E-state index contributed by atoms with van der Waals surface area (Å²) in [6, 6.07) is -0.736. The van der Waals surface area contributed by atoms with Crippen molar-refractivity contribution in [1.82, 2.24) is 5.32 Å². The summed E-state index contributed by atoms with van der Waals surface area (Å²) in [6.45, 7) is 3.41. The Kier molecular flexibility index (Phi) is 3.37. The first-order valence-corrected chi connectivity index (χ1v) is 3.01. The minimum atomic E-state index is -0.981. The molecule has 0 aliphatic carbocycles. The summed E-state index contributed by atoms with van der Waals surface area (Å²) in [7, 11) is 0. The Balaban J connectivity index is 3.73. The first-order valence-electron chi connectivity index (χ1n) is 3.51. The van der Waals surface area contributed by atoms with E-state index in [2.05, 4.69) is 10.1 Å². The molecule has 0 aliphatic heterocycles. The molecular formula is C6H11NO3. The molecule has 1 atom stereocenters. The summed E-state index contributed by atoms with van der Waals surface area (Å²) in [5, 5.41) is 2.08. The maximum Gasteiger partial charge on any atom is 0.328 e. The minimum Gasteiger partial charge on any atom is -0.464 e. The molecule has 0 spiro atoms. The zero-order chi connectivity index (χ0) is 8.85. The second-order valence-electron chi connectivity index (χ2n) is 1.72. The summed E-state index contributed by atoms with van der Waals surface area (Å²) >= 11 is 0. The van der Waals surface area contributed by atoms with Gasteiger partial charge in [-0.1, -0.05) is 0 Å². The molecule has 4 heteroatoms. The Morgan fingerprint density at radius 1 is 2.00 bits per heavy atom. The molecule has 0 unspecified atom stereocenters. The van der Waals surface area contributed by atoms with Crippen LogP contribution in [-0.4, -0.2) is 25.0 Å². The standard InChI is InChI=1S/C6H11NO3/c1-3-10-6(9)5(2)7-4-8/h4-5H,3H2,1-2H3,(H,7,8)/t5-/m0/s1/i4D. The largest absolute Gasteiger partial charge is 0.464 e. The van der Waals surface area contributed by atoms with Crippen molar-refractivity contribution >= 4 is 12.4 Å². The molecule has 0 rings (SSSR count). The Hall–Kier alpha value is -1.06. The fraction of sp³-hybridized carbons (Fsp3) is 0.667. The fourth-order valence-corrected chi connectivity index (χ4v) is 0.415. The second-order valence-corrected chi connectivity index (χ2v) is 1.72. The van der Waals surface area contributed by atoms with Crippen LogP contribution in [0, 0.1) is 0 Å². The lowest BCUT2D eigenvalue weighted by molar-refractivity contribution is -0.145. The lowest BCUT2D eigenvalue weighted by Gasteiger charge is -2.07. The number of rotatable bonds is 3. The van der Waals surface area contributed by atoms with Crippen LogP contribution in [0.2, 0.25) is 0 Å². The first kappa shape index (κ1) is 7.05. The van der Waals surface area contributed by atoms with Crippen LogP contribution >= 0.6 is 0 Å². The number of amides is 1. The van der Waals surface area contributed by atoms with Crippen LogP contribution in [-0.2, 0) is 14.3 Å². The van der Waals surface area contributed by atoms with Crippen LogP contribution < -0.4 is 5.32 Å². The molecule has 58 valence electrons. The highest BCUT2D eigenvalue weighted by Crippen LogP contribution is 1.84. The summed E-state index contributed by atoms with van der Waals surface area (Å²) < 4.78 is 11.0. The summed E-state index contributed by atoms with van der Waals surface area (Å²) in [5.74, 6) is -0.520. The van der Waals surface area contributed by atoms with Gasteiger partial charge < -0.3 is 10.1 Å². The molecular weight excluding hydrogens is 134 g/mol. The van der Waals surface area contributed by atoms with Gasteiger partial charge in [-0.05, 0) is 13.8 Å². The molecule has 1 amide bonds. The van der Waals surface area contributed by atoms with Crippen LogP contribution in [0.1, 0.15) is 15.2 Å². The van der Waals surface area contributed by atoms with E-state index in [1.165, 1.54) is 6.92 Å². The van der Waals surface area contributed by atoms with Crippen LogP contribution in [0.3, 0.4) is 0 Å². The SMILES string of the molecule is [2H]C(=O)N[C@@H](C)C(=O)OCC.